The van der Waals surface area contributed by atoms with Gasteiger partial charge in [-0.2, -0.15) is 0 Å². The van der Waals surface area contributed by atoms with Crippen LogP contribution in [-0.4, -0.2) is 22.2 Å². The van der Waals surface area contributed by atoms with Crippen molar-refractivity contribution in [3.05, 3.63) is 36.4 Å². The summed E-state index contributed by atoms with van der Waals surface area (Å²) < 4.78 is 0. The van der Waals surface area contributed by atoms with Crippen LogP contribution >= 0.6 is 11.8 Å². The van der Waals surface area contributed by atoms with Gasteiger partial charge in [0.25, 0.3) is 0 Å². The van der Waals surface area contributed by atoms with Crippen molar-refractivity contribution in [3.8, 4) is 0 Å². The lowest BCUT2D eigenvalue weighted by Gasteiger charge is -2.18. The summed E-state index contributed by atoms with van der Waals surface area (Å²) in [4.78, 5) is 27.4. The number of hydrogen-bond acceptors (Lipinski definition) is 4. The van der Waals surface area contributed by atoms with Crippen LogP contribution in [0.4, 0.5) is 4.79 Å². The molecular formula is C15H17N3O2S. The molecule has 0 aliphatic rings. The second kappa shape index (κ2) is 6.58. The Kier molecular flexibility index (Phi) is 4.80. The Hall–Kier alpha value is -2.08. The predicted octanol–water partition coefficient (Wildman–Crippen LogP) is 2.55. The van der Waals surface area contributed by atoms with Crippen LogP contribution in [0.25, 0.3) is 10.9 Å². The molecule has 6 heteroatoms. The van der Waals surface area contributed by atoms with E-state index in [0.717, 1.165) is 15.9 Å². The average molecular weight is 303 g/mol. The molecule has 5 nitrogen and oxygen atoms in total. The number of hydrogen-bond donors (Lipinski definition) is 2. The molecule has 1 aromatic carbocycles. The number of amides is 3. The van der Waals surface area contributed by atoms with Gasteiger partial charge in [-0.3, -0.25) is 10.1 Å². The van der Waals surface area contributed by atoms with Gasteiger partial charge in [0.15, 0.2) is 0 Å². The molecule has 0 bridgehead atoms. The number of benzene rings is 1. The van der Waals surface area contributed by atoms with Gasteiger partial charge in [-0.25, -0.2) is 9.78 Å². The zero-order valence-electron chi connectivity index (χ0n) is 11.9. The summed E-state index contributed by atoms with van der Waals surface area (Å²) in [5.74, 6) is -0.347. The molecule has 0 radical (unpaired) electrons. The molecule has 0 aliphatic carbocycles. The summed E-state index contributed by atoms with van der Waals surface area (Å²) in [6.45, 7) is 3.83. The third-order valence-corrected chi connectivity index (χ3v) is 4.41. The molecule has 3 amide bonds. The minimum atomic E-state index is -0.835. The first-order chi connectivity index (χ1) is 9.97. The van der Waals surface area contributed by atoms with Crippen LogP contribution in [0.5, 0.6) is 0 Å². The maximum Gasteiger partial charge on any atom is 0.318 e. The Bertz CT molecular complexity index is 673. The highest BCUT2D eigenvalue weighted by atomic mass is 32.2. The Morgan fingerprint density at radius 2 is 1.90 bits per heavy atom. The molecule has 110 valence electrons. The van der Waals surface area contributed by atoms with Gasteiger partial charge in [-0.15, -0.1) is 0 Å². The molecule has 2 rings (SSSR count). The van der Waals surface area contributed by atoms with E-state index in [1.165, 1.54) is 11.8 Å². The van der Waals surface area contributed by atoms with Crippen LogP contribution in [0.3, 0.4) is 0 Å². The quantitative estimate of drug-likeness (QED) is 0.850. The largest absolute Gasteiger partial charge is 0.351 e. The lowest BCUT2D eigenvalue weighted by molar-refractivity contribution is -0.120. The number of nitrogens with zero attached hydrogens (tertiary/aromatic N) is 1. The molecule has 1 aromatic heterocycles. The minimum Gasteiger partial charge on any atom is -0.351 e. The van der Waals surface area contributed by atoms with E-state index < -0.39 is 17.2 Å². The van der Waals surface area contributed by atoms with Gasteiger partial charge < -0.3 is 5.73 Å². The molecule has 2 aromatic rings. The van der Waals surface area contributed by atoms with Crippen molar-refractivity contribution in [2.24, 2.45) is 11.7 Å². The van der Waals surface area contributed by atoms with E-state index in [-0.39, 0.29) is 5.92 Å². The van der Waals surface area contributed by atoms with Gasteiger partial charge in [-0.05, 0) is 18.1 Å². The summed E-state index contributed by atoms with van der Waals surface area (Å²) in [7, 11) is 0. The third-order valence-electron chi connectivity index (χ3n) is 2.93. The summed E-state index contributed by atoms with van der Waals surface area (Å²) in [6, 6.07) is 10.8. The van der Waals surface area contributed by atoms with Crippen molar-refractivity contribution in [2.75, 3.05) is 0 Å². The summed E-state index contributed by atoms with van der Waals surface area (Å²) in [6.07, 6.45) is 0. The number of para-hydroxylation sites is 1. The number of urea groups is 1. The van der Waals surface area contributed by atoms with Crippen molar-refractivity contribution in [3.63, 3.8) is 0 Å². The standard InChI is InChI=1S/C15H17N3O2S/c1-9(2)13(14(19)18-15(16)20)21-12-8-7-10-5-3-4-6-11(10)17-12/h3-9,13H,1-2H3,(H3,16,18,19,20)/t13-/m1/s1. The normalized spacial score (nSPS) is 12.3. The second-order valence-electron chi connectivity index (χ2n) is 4.98. The van der Waals surface area contributed by atoms with Crippen molar-refractivity contribution >= 4 is 34.6 Å². The Balaban J connectivity index is 2.22. The lowest BCUT2D eigenvalue weighted by Crippen LogP contribution is -2.42. The number of thioether (sulfide) groups is 1. The van der Waals surface area contributed by atoms with Crippen LogP contribution in [-0.2, 0) is 4.79 Å². The van der Waals surface area contributed by atoms with Gasteiger partial charge >= 0.3 is 6.03 Å². The Morgan fingerprint density at radius 1 is 1.19 bits per heavy atom. The topological polar surface area (TPSA) is 85.1 Å². The molecule has 3 N–H and O–H groups in total. The van der Waals surface area contributed by atoms with Gasteiger partial charge in [0.2, 0.25) is 5.91 Å². The van der Waals surface area contributed by atoms with Crippen LogP contribution < -0.4 is 11.1 Å². The monoisotopic (exact) mass is 303 g/mol. The number of rotatable bonds is 4. The molecule has 0 spiro atoms. The minimum absolute atomic E-state index is 0.0441. The van der Waals surface area contributed by atoms with Gasteiger partial charge in [-0.1, -0.05) is 49.9 Å². The molecule has 0 saturated heterocycles. The number of nitrogens with one attached hydrogen (secondary N) is 1. The Labute approximate surface area is 127 Å². The molecule has 1 heterocycles. The van der Waals surface area contributed by atoms with Crippen molar-refractivity contribution < 1.29 is 9.59 Å². The smallest absolute Gasteiger partial charge is 0.318 e. The van der Waals surface area contributed by atoms with E-state index in [1.54, 1.807) is 0 Å². The van der Waals surface area contributed by atoms with Gasteiger partial charge in [0.05, 0.1) is 15.8 Å². The molecule has 0 unspecified atom stereocenters. The first-order valence-electron chi connectivity index (χ1n) is 6.60. The van der Waals surface area contributed by atoms with E-state index in [0.29, 0.717) is 0 Å². The van der Waals surface area contributed by atoms with Crippen LogP contribution in [0, 0.1) is 5.92 Å². The number of aromatic nitrogens is 1. The fraction of sp³-hybridized carbons (Fsp3) is 0.267. The maximum absolute atomic E-state index is 12.0. The summed E-state index contributed by atoms with van der Waals surface area (Å²) in [5.41, 5.74) is 5.88. The van der Waals surface area contributed by atoms with Crippen molar-refractivity contribution in [1.82, 2.24) is 10.3 Å². The van der Waals surface area contributed by atoms with E-state index >= 15 is 0 Å². The lowest BCUT2D eigenvalue weighted by atomic mass is 10.1. The molecule has 21 heavy (non-hydrogen) atoms. The predicted molar refractivity (Wildman–Crippen MR) is 84.0 cm³/mol. The highest BCUT2D eigenvalue weighted by molar-refractivity contribution is 8.00. The number of primary amides is 1. The van der Waals surface area contributed by atoms with Gasteiger partial charge in [0, 0.05) is 5.39 Å². The van der Waals surface area contributed by atoms with Crippen LogP contribution in [0.15, 0.2) is 41.4 Å². The van der Waals surface area contributed by atoms with Gasteiger partial charge in [0.1, 0.15) is 0 Å². The highest BCUT2D eigenvalue weighted by Gasteiger charge is 2.25. The Morgan fingerprint density at radius 3 is 2.57 bits per heavy atom. The number of imide groups is 1. The first kappa shape index (κ1) is 15.3. The molecule has 0 fully saturated rings. The van der Waals surface area contributed by atoms with E-state index in [1.807, 2.05) is 50.2 Å². The number of carbonyl (C=O) groups is 2. The molecule has 0 aliphatic heterocycles. The average Bonchev–Trinajstić information content (AvgIpc) is 2.43. The van der Waals surface area contributed by atoms with Crippen LogP contribution in [0.1, 0.15) is 13.8 Å². The second-order valence-corrected chi connectivity index (χ2v) is 6.14. The summed E-state index contributed by atoms with van der Waals surface area (Å²) >= 11 is 1.33. The first-order valence-corrected chi connectivity index (χ1v) is 7.48. The fourth-order valence-electron chi connectivity index (χ4n) is 1.93. The number of fused-ring (bicyclic) bond motifs is 1. The molecular weight excluding hydrogens is 286 g/mol. The zero-order chi connectivity index (χ0) is 15.4. The molecule has 0 saturated carbocycles. The fourth-order valence-corrected chi connectivity index (χ4v) is 2.92. The zero-order valence-corrected chi connectivity index (χ0v) is 12.7. The maximum atomic E-state index is 12.0. The number of carbonyl (C=O) groups excluding carboxylic acids is 2. The van der Waals surface area contributed by atoms with Crippen molar-refractivity contribution in [2.45, 2.75) is 24.1 Å². The van der Waals surface area contributed by atoms with Crippen LogP contribution in [0.2, 0.25) is 0 Å². The number of nitrogens with two attached hydrogens (primary N) is 1. The highest BCUT2D eigenvalue weighted by Crippen LogP contribution is 2.28. The van der Waals surface area contributed by atoms with E-state index in [4.69, 9.17) is 5.73 Å². The molecule has 1 atom stereocenters. The third kappa shape index (κ3) is 3.95. The van der Waals surface area contributed by atoms with Crippen molar-refractivity contribution in [1.29, 1.82) is 0 Å². The van der Waals surface area contributed by atoms with E-state index in [2.05, 4.69) is 10.3 Å². The SMILES string of the molecule is CC(C)[C@@H](Sc1ccc2ccccc2n1)C(=O)NC(N)=O. The number of pyridine rings is 1. The van der Waals surface area contributed by atoms with E-state index in [9.17, 15) is 9.59 Å². The summed E-state index contributed by atoms with van der Waals surface area (Å²) in [5, 5.41) is 3.50.